The van der Waals surface area contributed by atoms with Gasteiger partial charge in [-0.15, -0.1) is 0 Å². The van der Waals surface area contributed by atoms with Gasteiger partial charge in [0, 0.05) is 0 Å². The Hall–Kier alpha value is -0.0400. The van der Waals surface area contributed by atoms with Crippen molar-refractivity contribution in [1.29, 1.82) is 0 Å². The molecular weight excluding hydrogens is 328 g/mol. The molecule has 5 rings (SSSR count). The minimum absolute atomic E-state index is 0.0479. The topological polar surface area (TPSA) is 20.2 Å². The van der Waals surface area contributed by atoms with Crippen molar-refractivity contribution in [3.8, 4) is 0 Å². The normalized spacial score (nSPS) is 62.9. The van der Waals surface area contributed by atoms with Gasteiger partial charge in [-0.25, -0.2) is 0 Å². The average molecular weight is 373 g/mol. The fourth-order valence-electron chi connectivity index (χ4n) is 10.5. The summed E-state index contributed by atoms with van der Waals surface area (Å²) in [6, 6.07) is 0. The van der Waals surface area contributed by atoms with Crippen LogP contribution < -0.4 is 0 Å². The van der Waals surface area contributed by atoms with E-state index in [4.69, 9.17) is 0 Å². The van der Waals surface area contributed by atoms with E-state index >= 15 is 0 Å². The molecule has 1 N–H and O–H groups in total. The summed E-state index contributed by atoms with van der Waals surface area (Å²) in [7, 11) is 0. The van der Waals surface area contributed by atoms with Crippen LogP contribution in [0.3, 0.4) is 0 Å². The highest BCUT2D eigenvalue weighted by Crippen LogP contribution is 2.75. The highest BCUT2D eigenvalue weighted by molar-refractivity contribution is 5.17. The molecule has 5 saturated carbocycles. The average Bonchev–Trinajstić information content (AvgIpc) is 3.01. The molecular formula is C26H44O. The van der Waals surface area contributed by atoms with Crippen LogP contribution >= 0.6 is 0 Å². The minimum Gasteiger partial charge on any atom is -0.393 e. The Morgan fingerprint density at radius 3 is 2.22 bits per heavy atom. The lowest BCUT2D eigenvalue weighted by Gasteiger charge is -2.71. The smallest absolute Gasteiger partial charge is 0.0568 e. The highest BCUT2D eigenvalue weighted by Gasteiger charge is 2.68. The van der Waals surface area contributed by atoms with Crippen LogP contribution in [0.15, 0.2) is 0 Å². The van der Waals surface area contributed by atoms with Gasteiger partial charge in [0.1, 0.15) is 0 Å². The van der Waals surface area contributed by atoms with E-state index in [0.717, 1.165) is 30.1 Å². The summed E-state index contributed by atoms with van der Waals surface area (Å²) in [5.74, 6) is 4.12. The van der Waals surface area contributed by atoms with E-state index in [1.54, 1.807) is 0 Å². The first-order chi connectivity index (χ1) is 12.7. The second-order valence-electron chi connectivity index (χ2n) is 12.8. The molecule has 0 saturated heterocycles. The summed E-state index contributed by atoms with van der Waals surface area (Å²) in [5.41, 5.74) is 2.21. The minimum atomic E-state index is -0.0479. The summed E-state index contributed by atoms with van der Waals surface area (Å²) in [5, 5.41) is 10.6. The number of aliphatic hydroxyl groups excluding tert-OH is 1. The molecule has 1 nitrogen and oxygen atoms in total. The van der Waals surface area contributed by atoms with Gasteiger partial charge in [0.2, 0.25) is 0 Å². The zero-order valence-electron chi connectivity index (χ0n) is 18.7. The number of hydrogen-bond donors (Lipinski definition) is 1. The van der Waals surface area contributed by atoms with E-state index in [1.807, 2.05) is 0 Å². The number of fused-ring (bicyclic) bond motifs is 7. The molecule has 10 atom stereocenters. The van der Waals surface area contributed by atoms with Crippen LogP contribution in [0.4, 0.5) is 0 Å². The van der Waals surface area contributed by atoms with Gasteiger partial charge < -0.3 is 5.11 Å². The van der Waals surface area contributed by atoms with Crippen molar-refractivity contribution in [2.75, 3.05) is 0 Å². The van der Waals surface area contributed by atoms with E-state index in [0.29, 0.717) is 27.6 Å². The molecule has 10 unspecified atom stereocenters. The Labute approximate surface area is 168 Å². The van der Waals surface area contributed by atoms with Crippen molar-refractivity contribution < 1.29 is 5.11 Å². The molecule has 1 heteroatoms. The number of rotatable bonds is 0. The van der Waals surface area contributed by atoms with E-state index in [9.17, 15) is 5.11 Å². The summed E-state index contributed by atoms with van der Waals surface area (Å²) in [6.07, 6.45) is 15.5. The van der Waals surface area contributed by atoms with Crippen molar-refractivity contribution in [2.45, 2.75) is 111 Å². The predicted molar refractivity (Wildman–Crippen MR) is 112 cm³/mol. The number of aliphatic hydroxyl groups is 1. The third kappa shape index (κ3) is 2.22. The van der Waals surface area contributed by atoms with Gasteiger partial charge in [0.15, 0.2) is 0 Å². The summed E-state index contributed by atoms with van der Waals surface area (Å²) < 4.78 is 0. The first-order valence-electron chi connectivity index (χ1n) is 12.3. The largest absolute Gasteiger partial charge is 0.393 e. The zero-order chi connectivity index (χ0) is 19.2. The third-order valence-corrected chi connectivity index (χ3v) is 12.4. The van der Waals surface area contributed by atoms with Gasteiger partial charge in [0.05, 0.1) is 6.10 Å². The van der Waals surface area contributed by atoms with Crippen molar-refractivity contribution >= 4 is 0 Å². The van der Waals surface area contributed by atoms with Crippen molar-refractivity contribution in [3.63, 3.8) is 0 Å². The van der Waals surface area contributed by atoms with E-state index in [-0.39, 0.29) is 6.10 Å². The van der Waals surface area contributed by atoms with Gasteiger partial charge in [0.25, 0.3) is 0 Å². The van der Waals surface area contributed by atoms with Crippen LogP contribution in [0.2, 0.25) is 0 Å². The monoisotopic (exact) mass is 372 g/mol. The summed E-state index contributed by atoms with van der Waals surface area (Å²) >= 11 is 0. The molecule has 0 bridgehead atoms. The summed E-state index contributed by atoms with van der Waals surface area (Å²) in [6.45, 7) is 13.1. The van der Waals surface area contributed by atoms with Crippen LogP contribution in [0.5, 0.6) is 0 Å². The third-order valence-electron chi connectivity index (χ3n) is 12.4. The SMILES string of the molecule is CC1C(O)CCC2(C)C1CCC1(C)C2CCC2C3CCCC3(C)CCC21C. The molecule has 0 aliphatic heterocycles. The van der Waals surface area contributed by atoms with Gasteiger partial charge in [-0.3, -0.25) is 0 Å². The Bertz CT molecular complexity index is 613. The van der Waals surface area contributed by atoms with E-state index in [2.05, 4.69) is 34.6 Å². The maximum Gasteiger partial charge on any atom is 0.0568 e. The maximum atomic E-state index is 10.6. The van der Waals surface area contributed by atoms with Gasteiger partial charge in [-0.1, -0.05) is 41.0 Å². The Kier molecular flexibility index (Phi) is 4.05. The molecule has 0 heterocycles. The second kappa shape index (κ2) is 5.77. The molecule has 0 amide bonds. The van der Waals surface area contributed by atoms with Crippen molar-refractivity contribution in [2.24, 2.45) is 51.2 Å². The quantitative estimate of drug-likeness (QED) is 0.494. The van der Waals surface area contributed by atoms with Crippen molar-refractivity contribution in [3.05, 3.63) is 0 Å². The molecule has 0 aromatic carbocycles. The molecule has 5 aliphatic rings. The van der Waals surface area contributed by atoms with E-state index in [1.165, 1.54) is 64.2 Å². The van der Waals surface area contributed by atoms with Gasteiger partial charge in [-0.05, 0) is 115 Å². The Morgan fingerprint density at radius 1 is 0.667 bits per heavy atom. The fraction of sp³-hybridized carbons (Fsp3) is 1.00. The summed E-state index contributed by atoms with van der Waals surface area (Å²) in [4.78, 5) is 0. The molecule has 0 radical (unpaired) electrons. The van der Waals surface area contributed by atoms with Crippen molar-refractivity contribution in [1.82, 2.24) is 0 Å². The first kappa shape index (κ1) is 19.0. The lowest BCUT2D eigenvalue weighted by atomic mass is 9.33. The van der Waals surface area contributed by atoms with Crippen LogP contribution in [-0.4, -0.2) is 11.2 Å². The molecule has 5 aliphatic carbocycles. The first-order valence-corrected chi connectivity index (χ1v) is 12.3. The second-order valence-corrected chi connectivity index (χ2v) is 12.8. The van der Waals surface area contributed by atoms with Crippen LogP contribution in [0, 0.1) is 51.2 Å². The highest BCUT2D eigenvalue weighted by atomic mass is 16.3. The van der Waals surface area contributed by atoms with Crippen LogP contribution in [-0.2, 0) is 0 Å². The Balaban J connectivity index is 1.52. The molecule has 0 spiro atoms. The lowest BCUT2D eigenvalue weighted by molar-refractivity contribution is -0.231. The predicted octanol–water partition coefficient (Wildman–Crippen LogP) is 6.83. The maximum absolute atomic E-state index is 10.6. The van der Waals surface area contributed by atoms with Crippen LogP contribution in [0.1, 0.15) is 105 Å². The van der Waals surface area contributed by atoms with E-state index < -0.39 is 0 Å². The Morgan fingerprint density at radius 2 is 1.44 bits per heavy atom. The molecule has 0 aromatic rings. The lowest BCUT2D eigenvalue weighted by Crippen LogP contribution is -2.64. The van der Waals surface area contributed by atoms with Gasteiger partial charge >= 0.3 is 0 Å². The molecule has 5 fully saturated rings. The number of hydrogen-bond acceptors (Lipinski definition) is 1. The molecule has 0 aromatic heterocycles. The van der Waals surface area contributed by atoms with Gasteiger partial charge in [-0.2, -0.15) is 0 Å². The molecule has 154 valence electrons. The zero-order valence-corrected chi connectivity index (χ0v) is 18.7. The standard InChI is InChI=1S/C26H44O/c1-17-18-10-14-26(5)22(24(18,3)13-11-21(17)27)9-8-20-19-7-6-12-23(19,2)15-16-25(20,26)4/h17-22,27H,6-16H2,1-5H3. The fourth-order valence-corrected chi connectivity index (χ4v) is 10.5. The molecule has 27 heavy (non-hydrogen) atoms. The van der Waals surface area contributed by atoms with Crippen LogP contribution in [0.25, 0.3) is 0 Å².